The van der Waals surface area contributed by atoms with Crippen molar-refractivity contribution in [2.45, 2.75) is 18.9 Å². The van der Waals surface area contributed by atoms with Crippen LogP contribution in [0.25, 0.3) is 0 Å². The second-order valence-electron chi connectivity index (χ2n) is 5.72. The number of nitrogens with one attached hydrogen (secondary N) is 1. The van der Waals surface area contributed by atoms with Crippen molar-refractivity contribution < 1.29 is 9.53 Å². The Bertz CT molecular complexity index is 420. The lowest BCUT2D eigenvalue weighted by atomic mass is 10.0. The first-order valence-corrected chi connectivity index (χ1v) is 7.21. The zero-order valence-corrected chi connectivity index (χ0v) is 12.3. The van der Waals surface area contributed by atoms with Crippen LogP contribution >= 0.6 is 0 Å². The van der Waals surface area contributed by atoms with E-state index < -0.39 is 0 Å². The molecule has 0 aliphatic carbocycles. The van der Waals surface area contributed by atoms with Crippen LogP contribution in [0.5, 0.6) is 0 Å². The third-order valence-corrected chi connectivity index (χ3v) is 3.63. The van der Waals surface area contributed by atoms with Crippen LogP contribution < -0.4 is 5.32 Å². The van der Waals surface area contributed by atoms with Crippen molar-refractivity contribution in [2.24, 2.45) is 5.92 Å². The van der Waals surface area contributed by atoms with E-state index in [2.05, 4.69) is 22.3 Å². The summed E-state index contributed by atoms with van der Waals surface area (Å²) in [5.41, 5.74) is 1.20. The molecule has 0 spiro atoms. The van der Waals surface area contributed by atoms with Gasteiger partial charge in [0.25, 0.3) is 0 Å². The summed E-state index contributed by atoms with van der Waals surface area (Å²) in [6, 6.07) is 10.3. The van der Waals surface area contributed by atoms with Crippen molar-refractivity contribution in [3.8, 4) is 0 Å². The molecule has 0 bridgehead atoms. The molecule has 1 aromatic rings. The monoisotopic (exact) mass is 276 g/mol. The van der Waals surface area contributed by atoms with Crippen molar-refractivity contribution in [3.63, 3.8) is 0 Å². The normalized spacial score (nSPS) is 22.1. The van der Waals surface area contributed by atoms with Gasteiger partial charge < -0.3 is 15.0 Å². The third kappa shape index (κ3) is 4.62. The fourth-order valence-corrected chi connectivity index (χ4v) is 2.59. The highest BCUT2D eigenvalue weighted by atomic mass is 16.5. The molecule has 20 heavy (non-hydrogen) atoms. The smallest absolute Gasteiger partial charge is 0.220 e. The highest BCUT2D eigenvalue weighted by Gasteiger charge is 2.29. The molecule has 0 radical (unpaired) electrons. The maximum Gasteiger partial charge on any atom is 0.220 e. The first kappa shape index (κ1) is 15.0. The minimum Gasteiger partial charge on any atom is -0.379 e. The van der Waals surface area contributed by atoms with Crippen molar-refractivity contribution in [2.75, 3.05) is 33.9 Å². The Morgan fingerprint density at radius 2 is 2.05 bits per heavy atom. The molecule has 1 aromatic carbocycles. The van der Waals surface area contributed by atoms with Crippen LogP contribution in [-0.4, -0.2) is 50.7 Å². The summed E-state index contributed by atoms with van der Waals surface area (Å²) in [7, 11) is 4.10. The van der Waals surface area contributed by atoms with Gasteiger partial charge in [-0.15, -0.1) is 0 Å². The lowest BCUT2D eigenvalue weighted by molar-refractivity contribution is -0.122. The van der Waals surface area contributed by atoms with Crippen LogP contribution in [0.4, 0.5) is 0 Å². The summed E-state index contributed by atoms with van der Waals surface area (Å²) >= 11 is 0. The molecule has 2 atom stereocenters. The second-order valence-corrected chi connectivity index (χ2v) is 5.72. The number of ether oxygens (including phenoxy) is 1. The van der Waals surface area contributed by atoms with Gasteiger partial charge in [-0.3, -0.25) is 4.79 Å². The molecule has 1 heterocycles. The average Bonchev–Trinajstić information content (AvgIpc) is 2.84. The second kappa shape index (κ2) is 7.41. The first-order chi connectivity index (χ1) is 9.65. The quantitative estimate of drug-likeness (QED) is 0.852. The summed E-state index contributed by atoms with van der Waals surface area (Å²) in [6.45, 7) is 2.32. The van der Waals surface area contributed by atoms with Crippen LogP contribution in [0.15, 0.2) is 30.3 Å². The number of hydrogen-bond acceptors (Lipinski definition) is 3. The molecule has 0 saturated carbocycles. The van der Waals surface area contributed by atoms with Gasteiger partial charge in [0.15, 0.2) is 0 Å². The summed E-state index contributed by atoms with van der Waals surface area (Å²) in [5.74, 6) is 0.513. The minimum atomic E-state index is 0.119. The van der Waals surface area contributed by atoms with Gasteiger partial charge in [0, 0.05) is 18.9 Å². The zero-order valence-electron chi connectivity index (χ0n) is 12.3. The Labute approximate surface area is 121 Å². The maximum atomic E-state index is 12.0. The summed E-state index contributed by atoms with van der Waals surface area (Å²) in [4.78, 5) is 14.2. The number of hydrogen-bond donors (Lipinski definition) is 1. The summed E-state index contributed by atoms with van der Waals surface area (Å²) in [6.07, 6.45) is 1.33. The SMILES string of the molecule is CN(C)C[C@@H]1COC[C@H]1NC(=O)CCc1ccccc1. The van der Waals surface area contributed by atoms with E-state index in [4.69, 9.17) is 4.74 Å². The van der Waals surface area contributed by atoms with E-state index in [-0.39, 0.29) is 11.9 Å². The Hall–Kier alpha value is -1.39. The van der Waals surface area contributed by atoms with Gasteiger partial charge >= 0.3 is 0 Å². The molecule has 1 fully saturated rings. The van der Waals surface area contributed by atoms with E-state index in [0.717, 1.165) is 19.6 Å². The minimum absolute atomic E-state index is 0.119. The summed E-state index contributed by atoms with van der Waals surface area (Å²) in [5, 5.41) is 3.11. The van der Waals surface area contributed by atoms with E-state index in [1.165, 1.54) is 5.56 Å². The van der Waals surface area contributed by atoms with E-state index in [1.54, 1.807) is 0 Å². The molecule has 2 rings (SSSR count). The van der Waals surface area contributed by atoms with Gasteiger partial charge in [-0.2, -0.15) is 0 Å². The molecule has 110 valence electrons. The molecule has 0 aromatic heterocycles. The van der Waals surface area contributed by atoms with Gasteiger partial charge in [0.05, 0.1) is 19.3 Å². The number of aryl methyl sites for hydroxylation is 1. The number of carbonyl (C=O) groups is 1. The van der Waals surface area contributed by atoms with Crippen molar-refractivity contribution in [1.82, 2.24) is 10.2 Å². The van der Waals surface area contributed by atoms with Gasteiger partial charge in [-0.25, -0.2) is 0 Å². The number of rotatable bonds is 6. The Morgan fingerprint density at radius 3 is 2.75 bits per heavy atom. The van der Waals surface area contributed by atoms with Crippen LogP contribution in [0.2, 0.25) is 0 Å². The number of nitrogens with zero attached hydrogens (tertiary/aromatic N) is 1. The Balaban J connectivity index is 1.76. The predicted octanol–water partition coefficient (Wildman–Crippen LogP) is 1.31. The number of benzene rings is 1. The zero-order chi connectivity index (χ0) is 14.4. The predicted molar refractivity (Wildman–Crippen MR) is 79.6 cm³/mol. The van der Waals surface area contributed by atoms with Crippen LogP contribution in [0.1, 0.15) is 12.0 Å². The fraction of sp³-hybridized carbons (Fsp3) is 0.562. The first-order valence-electron chi connectivity index (χ1n) is 7.21. The van der Waals surface area contributed by atoms with Crippen molar-refractivity contribution in [3.05, 3.63) is 35.9 Å². The molecule has 1 aliphatic rings. The molecule has 4 nitrogen and oxygen atoms in total. The van der Waals surface area contributed by atoms with Crippen molar-refractivity contribution >= 4 is 5.91 Å². The van der Waals surface area contributed by atoms with Crippen LogP contribution in [-0.2, 0) is 16.0 Å². The number of amides is 1. The molecule has 1 amide bonds. The van der Waals surface area contributed by atoms with Crippen molar-refractivity contribution in [1.29, 1.82) is 0 Å². The van der Waals surface area contributed by atoms with E-state index in [1.807, 2.05) is 32.3 Å². The van der Waals surface area contributed by atoms with Gasteiger partial charge in [0.2, 0.25) is 5.91 Å². The molecule has 1 saturated heterocycles. The average molecular weight is 276 g/mol. The largest absolute Gasteiger partial charge is 0.379 e. The lowest BCUT2D eigenvalue weighted by Gasteiger charge is -2.22. The van der Waals surface area contributed by atoms with Crippen LogP contribution in [0.3, 0.4) is 0 Å². The maximum absolute atomic E-state index is 12.0. The molecule has 0 unspecified atom stereocenters. The van der Waals surface area contributed by atoms with E-state index in [0.29, 0.717) is 18.9 Å². The van der Waals surface area contributed by atoms with Gasteiger partial charge in [0.1, 0.15) is 0 Å². The van der Waals surface area contributed by atoms with E-state index in [9.17, 15) is 4.79 Å². The standard InChI is InChI=1S/C16H24N2O2/c1-18(2)10-14-11-20-12-15(14)17-16(19)9-8-13-6-4-3-5-7-13/h3-7,14-15H,8-12H2,1-2H3,(H,17,19)/t14-,15-/m1/s1. The third-order valence-electron chi connectivity index (χ3n) is 3.63. The fourth-order valence-electron chi connectivity index (χ4n) is 2.59. The van der Waals surface area contributed by atoms with Gasteiger partial charge in [-0.05, 0) is 26.1 Å². The molecular weight excluding hydrogens is 252 g/mol. The molecule has 1 N–H and O–H groups in total. The van der Waals surface area contributed by atoms with Crippen LogP contribution in [0, 0.1) is 5.92 Å². The Morgan fingerprint density at radius 1 is 1.30 bits per heavy atom. The molecule has 1 aliphatic heterocycles. The van der Waals surface area contributed by atoms with Gasteiger partial charge in [-0.1, -0.05) is 30.3 Å². The Kier molecular flexibility index (Phi) is 5.56. The van der Waals surface area contributed by atoms with E-state index >= 15 is 0 Å². The topological polar surface area (TPSA) is 41.6 Å². The highest BCUT2D eigenvalue weighted by molar-refractivity contribution is 5.76. The molecule has 4 heteroatoms. The molecular formula is C16H24N2O2. The number of carbonyl (C=O) groups excluding carboxylic acids is 1. The highest BCUT2D eigenvalue weighted by Crippen LogP contribution is 2.14. The summed E-state index contributed by atoms with van der Waals surface area (Å²) < 4.78 is 5.49. The lowest BCUT2D eigenvalue weighted by Crippen LogP contribution is -2.43.